The SMILES string of the molecule is COC(=O)c1c(-c2cnc3ccccc3c2C(=O)OC)cnc2ccccc12. The van der Waals surface area contributed by atoms with E-state index in [0.717, 1.165) is 0 Å². The monoisotopic (exact) mass is 372 g/mol. The standard InChI is InChI=1S/C22H16N2O4/c1-27-21(25)19-13-7-3-5-9-17(13)23-11-15(19)16-12-24-18-10-6-4-8-14(18)20(16)22(26)28-2/h3-12H,1-2H3. The molecule has 2 aromatic heterocycles. The molecule has 0 amide bonds. The molecule has 4 aromatic rings. The van der Waals surface area contributed by atoms with Crippen LogP contribution in [0.25, 0.3) is 32.9 Å². The molecule has 0 radical (unpaired) electrons. The average Bonchev–Trinajstić information content (AvgIpc) is 2.76. The maximum Gasteiger partial charge on any atom is 0.339 e. The zero-order valence-electron chi connectivity index (χ0n) is 15.3. The third-order valence-corrected chi connectivity index (χ3v) is 4.62. The number of ether oxygens (including phenoxy) is 2. The Hall–Kier alpha value is -3.80. The number of nitrogens with zero attached hydrogens (tertiary/aromatic N) is 2. The molecule has 28 heavy (non-hydrogen) atoms. The summed E-state index contributed by atoms with van der Waals surface area (Å²) in [5.41, 5.74) is 2.89. The van der Waals surface area contributed by atoms with Crippen LogP contribution in [-0.2, 0) is 9.47 Å². The Bertz CT molecular complexity index is 1140. The Morgan fingerprint density at radius 2 is 1.07 bits per heavy atom. The predicted molar refractivity (Wildman–Crippen MR) is 105 cm³/mol. The van der Waals surface area contributed by atoms with Gasteiger partial charge < -0.3 is 9.47 Å². The number of carbonyl (C=O) groups is 2. The summed E-state index contributed by atoms with van der Waals surface area (Å²) in [7, 11) is 2.64. The fourth-order valence-electron chi connectivity index (χ4n) is 3.34. The zero-order chi connectivity index (χ0) is 19.7. The Kier molecular flexibility index (Phi) is 4.45. The quantitative estimate of drug-likeness (QED) is 0.506. The number of para-hydroxylation sites is 2. The summed E-state index contributed by atoms with van der Waals surface area (Å²) in [6, 6.07) is 14.5. The number of carbonyl (C=O) groups excluding carboxylic acids is 2. The van der Waals surface area contributed by atoms with Crippen molar-refractivity contribution in [3.63, 3.8) is 0 Å². The fourth-order valence-corrected chi connectivity index (χ4v) is 3.34. The van der Waals surface area contributed by atoms with Crippen LogP contribution in [0.3, 0.4) is 0 Å². The number of aromatic nitrogens is 2. The van der Waals surface area contributed by atoms with E-state index >= 15 is 0 Å². The van der Waals surface area contributed by atoms with Gasteiger partial charge in [-0.25, -0.2) is 9.59 Å². The van der Waals surface area contributed by atoms with Crippen molar-refractivity contribution >= 4 is 33.7 Å². The number of hydrogen-bond acceptors (Lipinski definition) is 6. The second kappa shape index (κ2) is 7.08. The minimum atomic E-state index is -0.516. The number of esters is 2. The number of hydrogen-bond donors (Lipinski definition) is 0. The molecule has 0 bridgehead atoms. The Morgan fingerprint density at radius 1 is 0.679 bits per heavy atom. The van der Waals surface area contributed by atoms with Gasteiger partial charge in [-0.3, -0.25) is 9.97 Å². The molecule has 0 aliphatic carbocycles. The largest absolute Gasteiger partial charge is 0.465 e. The lowest BCUT2D eigenvalue weighted by molar-refractivity contribution is 0.0592. The second-order valence-corrected chi connectivity index (χ2v) is 6.11. The Labute approximate surface area is 160 Å². The maximum absolute atomic E-state index is 12.6. The number of methoxy groups -OCH3 is 2. The lowest BCUT2D eigenvalue weighted by atomic mass is 9.93. The van der Waals surface area contributed by atoms with Gasteiger partial charge in [0.1, 0.15) is 0 Å². The van der Waals surface area contributed by atoms with Crippen LogP contribution in [0.15, 0.2) is 60.9 Å². The third kappa shape index (κ3) is 2.75. The molecule has 2 aromatic carbocycles. The Balaban J connectivity index is 2.12. The summed E-state index contributed by atoms with van der Waals surface area (Å²) in [5, 5.41) is 1.27. The molecule has 0 saturated carbocycles. The molecule has 0 N–H and O–H groups in total. The van der Waals surface area contributed by atoms with Gasteiger partial charge in [-0.1, -0.05) is 36.4 Å². The van der Waals surface area contributed by atoms with Gasteiger partial charge >= 0.3 is 11.9 Å². The highest BCUT2D eigenvalue weighted by Gasteiger charge is 2.24. The van der Waals surface area contributed by atoms with E-state index in [1.54, 1.807) is 24.5 Å². The number of pyridine rings is 2. The summed E-state index contributed by atoms with van der Waals surface area (Å²) in [5.74, 6) is -1.03. The van der Waals surface area contributed by atoms with Crippen molar-refractivity contribution in [1.29, 1.82) is 0 Å². The van der Waals surface area contributed by atoms with E-state index < -0.39 is 11.9 Å². The third-order valence-electron chi connectivity index (χ3n) is 4.62. The fraction of sp³-hybridized carbons (Fsp3) is 0.0909. The van der Waals surface area contributed by atoms with Gasteiger partial charge in [-0.2, -0.15) is 0 Å². The van der Waals surface area contributed by atoms with Gasteiger partial charge in [0, 0.05) is 34.3 Å². The Morgan fingerprint density at radius 3 is 1.46 bits per heavy atom. The average molecular weight is 372 g/mol. The maximum atomic E-state index is 12.6. The van der Waals surface area contributed by atoms with Gasteiger partial charge in [0.2, 0.25) is 0 Å². The minimum absolute atomic E-state index is 0.329. The predicted octanol–water partition coefficient (Wildman–Crippen LogP) is 4.02. The highest BCUT2D eigenvalue weighted by Crippen LogP contribution is 2.34. The molecule has 0 aliphatic heterocycles. The summed E-state index contributed by atoms with van der Waals surface area (Å²) in [4.78, 5) is 34.2. The lowest BCUT2D eigenvalue weighted by Crippen LogP contribution is -2.10. The first-order valence-electron chi connectivity index (χ1n) is 8.58. The van der Waals surface area contributed by atoms with Crippen molar-refractivity contribution in [2.75, 3.05) is 14.2 Å². The molecular weight excluding hydrogens is 356 g/mol. The van der Waals surface area contributed by atoms with Crippen molar-refractivity contribution < 1.29 is 19.1 Å². The van der Waals surface area contributed by atoms with Gasteiger partial charge in [-0.15, -0.1) is 0 Å². The molecule has 0 aliphatic rings. The molecular formula is C22H16N2O4. The van der Waals surface area contributed by atoms with Crippen molar-refractivity contribution in [3.8, 4) is 11.1 Å². The van der Waals surface area contributed by atoms with Crippen LogP contribution in [0, 0.1) is 0 Å². The first-order valence-corrected chi connectivity index (χ1v) is 8.58. The molecule has 0 saturated heterocycles. The first kappa shape index (κ1) is 17.6. The highest BCUT2D eigenvalue weighted by atomic mass is 16.5. The van der Waals surface area contributed by atoms with Gasteiger partial charge in [0.05, 0.1) is 36.4 Å². The van der Waals surface area contributed by atoms with Crippen LogP contribution >= 0.6 is 0 Å². The van der Waals surface area contributed by atoms with Gasteiger partial charge in [0.15, 0.2) is 0 Å². The summed E-state index contributed by atoms with van der Waals surface area (Å²) >= 11 is 0. The van der Waals surface area contributed by atoms with Crippen LogP contribution < -0.4 is 0 Å². The topological polar surface area (TPSA) is 78.4 Å². The summed E-state index contributed by atoms with van der Waals surface area (Å²) < 4.78 is 10.0. The zero-order valence-corrected chi connectivity index (χ0v) is 15.3. The first-order chi connectivity index (χ1) is 13.7. The molecule has 0 unspecified atom stereocenters. The van der Waals surface area contributed by atoms with E-state index in [1.807, 2.05) is 36.4 Å². The minimum Gasteiger partial charge on any atom is -0.465 e. The van der Waals surface area contributed by atoms with E-state index in [9.17, 15) is 9.59 Å². The van der Waals surface area contributed by atoms with E-state index in [1.165, 1.54) is 14.2 Å². The molecule has 0 atom stereocenters. The summed E-state index contributed by atoms with van der Waals surface area (Å²) in [6.45, 7) is 0. The normalized spacial score (nSPS) is 10.8. The molecule has 0 fully saturated rings. The van der Waals surface area contributed by atoms with Crippen molar-refractivity contribution in [1.82, 2.24) is 9.97 Å². The van der Waals surface area contributed by atoms with Gasteiger partial charge in [-0.05, 0) is 12.1 Å². The molecule has 138 valence electrons. The van der Waals surface area contributed by atoms with Gasteiger partial charge in [0.25, 0.3) is 0 Å². The highest BCUT2D eigenvalue weighted by molar-refractivity contribution is 6.14. The lowest BCUT2D eigenvalue weighted by Gasteiger charge is -2.15. The van der Waals surface area contributed by atoms with Crippen LogP contribution in [0.2, 0.25) is 0 Å². The molecule has 6 heteroatoms. The molecule has 6 nitrogen and oxygen atoms in total. The number of benzene rings is 2. The van der Waals surface area contributed by atoms with Crippen LogP contribution in [0.1, 0.15) is 20.7 Å². The smallest absolute Gasteiger partial charge is 0.339 e. The number of rotatable bonds is 3. The van der Waals surface area contributed by atoms with Crippen molar-refractivity contribution in [2.45, 2.75) is 0 Å². The summed E-state index contributed by atoms with van der Waals surface area (Å²) in [6.07, 6.45) is 3.12. The van der Waals surface area contributed by atoms with Crippen molar-refractivity contribution in [2.24, 2.45) is 0 Å². The van der Waals surface area contributed by atoms with Crippen LogP contribution in [-0.4, -0.2) is 36.1 Å². The second-order valence-electron chi connectivity index (χ2n) is 6.11. The van der Waals surface area contributed by atoms with Crippen LogP contribution in [0.4, 0.5) is 0 Å². The van der Waals surface area contributed by atoms with E-state index in [2.05, 4.69) is 9.97 Å². The van der Waals surface area contributed by atoms with Crippen molar-refractivity contribution in [3.05, 3.63) is 72.1 Å². The van der Waals surface area contributed by atoms with E-state index in [4.69, 9.17) is 9.47 Å². The van der Waals surface area contributed by atoms with Crippen LogP contribution in [0.5, 0.6) is 0 Å². The number of fused-ring (bicyclic) bond motifs is 2. The van der Waals surface area contributed by atoms with E-state index in [-0.39, 0.29) is 0 Å². The van der Waals surface area contributed by atoms with E-state index in [0.29, 0.717) is 44.1 Å². The molecule has 4 rings (SSSR count). The molecule has 0 spiro atoms. The molecule has 2 heterocycles.